The standard InChI is InChI=1S/C8H11N3O7P2/c12-8(19(13,14)15,20(16,17)18)4-6-5-10-7-9-2-1-3-11(6)7/h1-3,5,12H,4H2,(H2,13,14,15)(H2,16,17,18). The molecule has 2 aromatic heterocycles. The van der Waals surface area contributed by atoms with Crippen molar-refractivity contribution in [1.82, 2.24) is 14.4 Å². The molecule has 0 aromatic carbocycles. The zero-order chi connectivity index (χ0) is 15.2. The Morgan fingerprint density at radius 3 is 2.30 bits per heavy atom. The topological polar surface area (TPSA) is 165 Å². The molecule has 10 nitrogen and oxygen atoms in total. The number of nitrogens with zero attached hydrogens (tertiary/aromatic N) is 3. The Morgan fingerprint density at radius 2 is 1.75 bits per heavy atom. The Balaban J connectivity index is 2.55. The zero-order valence-electron chi connectivity index (χ0n) is 9.81. The van der Waals surface area contributed by atoms with E-state index in [4.69, 9.17) is 19.6 Å². The van der Waals surface area contributed by atoms with Crippen LogP contribution in [0, 0.1) is 0 Å². The van der Waals surface area contributed by atoms with Gasteiger partial charge in [0.05, 0.1) is 6.20 Å². The van der Waals surface area contributed by atoms with Gasteiger partial charge in [0.25, 0.3) is 5.08 Å². The van der Waals surface area contributed by atoms with E-state index in [9.17, 15) is 14.2 Å². The average Bonchev–Trinajstić information content (AvgIpc) is 2.70. The molecule has 0 unspecified atom stereocenters. The highest BCUT2D eigenvalue weighted by atomic mass is 31.2. The lowest BCUT2D eigenvalue weighted by atomic mass is 10.3. The maximum absolute atomic E-state index is 11.3. The van der Waals surface area contributed by atoms with Crippen molar-refractivity contribution in [3.05, 3.63) is 30.4 Å². The number of hydrogen-bond acceptors (Lipinski definition) is 5. The third-order valence-corrected chi connectivity index (χ3v) is 6.46. The molecule has 2 heterocycles. The molecule has 0 fully saturated rings. The van der Waals surface area contributed by atoms with Crippen LogP contribution in [-0.2, 0) is 15.6 Å². The molecule has 0 bridgehead atoms. The molecular weight excluding hydrogens is 312 g/mol. The summed E-state index contributed by atoms with van der Waals surface area (Å²) in [5, 5.41) is 6.32. The molecule has 0 aliphatic rings. The van der Waals surface area contributed by atoms with E-state index in [0.29, 0.717) is 0 Å². The lowest BCUT2D eigenvalue weighted by molar-refractivity contribution is 0.130. The van der Waals surface area contributed by atoms with Crippen LogP contribution in [0.25, 0.3) is 5.78 Å². The van der Waals surface area contributed by atoms with E-state index in [-0.39, 0.29) is 11.5 Å². The molecular formula is C8H11N3O7P2. The number of hydrogen-bond donors (Lipinski definition) is 5. The molecule has 0 aliphatic heterocycles. The molecule has 0 atom stereocenters. The number of imidazole rings is 1. The zero-order valence-corrected chi connectivity index (χ0v) is 11.6. The Labute approximate surface area is 112 Å². The number of aliphatic hydroxyl groups is 1. The molecule has 20 heavy (non-hydrogen) atoms. The van der Waals surface area contributed by atoms with E-state index in [1.54, 1.807) is 0 Å². The van der Waals surface area contributed by atoms with Gasteiger partial charge in [0, 0.05) is 24.5 Å². The lowest BCUT2D eigenvalue weighted by Crippen LogP contribution is -2.31. The molecule has 2 rings (SSSR count). The molecule has 0 saturated carbocycles. The van der Waals surface area contributed by atoms with Gasteiger partial charge in [-0.3, -0.25) is 13.5 Å². The molecule has 110 valence electrons. The molecule has 2 aromatic rings. The third kappa shape index (κ3) is 2.43. The van der Waals surface area contributed by atoms with Crippen molar-refractivity contribution in [3.8, 4) is 0 Å². The van der Waals surface area contributed by atoms with Gasteiger partial charge in [0.2, 0.25) is 5.78 Å². The summed E-state index contributed by atoms with van der Waals surface area (Å²) in [6, 6.07) is 1.49. The van der Waals surface area contributed by atoms with Gasteiger partial charge in [-0.15, -0.1) is 0 Å². The van der Waals surface area contributed by atoms with Crippen molar-refractivity contribution in [2.24, 2.45) is 0 Å². The van der Waals surface area contributed by atoms with E-state index in [1.165, 1.54) is 22.9 Å². The molecule has 0 radical (unpaired) electrons. The summed E-state index contributed by atoms with van der Waals surface area (Å²) in [6.07, 6.45) is 3.00. The number of fused-ring (bicyclic) bond motifs is 1. The second kappa shape index (κ2) is 4.71. The SMILES string of the molecule is O=P(O)(O)C(O)(Cc1cnc2ncccn12)P(=O)(O)O. The summed E-state index contributed by atoms with van der Waals surface area (Å²) in [4.78, 5) is 43.9. The van der Waals surface area contributed by atoms with Gasteiger partial charge in [0.15, 0.2) is 0 Å². The van der Waals surface area contributed by atoms with Crippen LogP contribution < -0.4 is 0 Å². The van der Waals surface area contributed by atoms with Crippen LogP contribution in [0.4, 0.5) is 0 Å². The van der Waals surface area contributed by atoms with Crippen LogP contribution in [0.15, 0.2) is 24.7 Å². The summed E-state index contributed by atoms with van der Waals surface area (Å²) >= 11 is 0. The Morgan fingerprint density at radius 1 is 1.15 bits per heavy atom. The first-order valence-electron chi connectivity index (χ1n) is 5.17. The van der Waals surface area contributed by atoms with Crippen LogP contribution in [0.3, 0.4) is 0 Å². The summed E-state index contributed by atoms with van der Waals surface area (Å²) in [5.74, 6) is 0.168. The molecule has 0 amide bonds. The van der Waals surface area contributed by atoms with Crippen molar-refractivity contribution < 1.29 is 33.8 Å². The predicted molar refractivity (Wildman–Crippen MR) is 65.7 cm³/mol. The van der Waals surface area contributed by atoms with E-state index >= 15 is 0 Å². The van der Waals surface area contributed by atoms with Gasteiger partial charge in [-0.25, -0.2) is 9.97 Å². The highest BCUT2D eigenvalue weighted by Gasteiger charge is 2.59. The summed E-state index contributed by atoms with van der Waals surface area (Å²) in [6.45, 7) is 0. The van der Waals surface area contributed by atoms with Crippen molar-refractivity contribution >= 4 is 21.0 Å². The number of rotatable bonds is 4. The van der Waals surface area contributed by atoms with E-state index < -0.39 is 26.7 Å². The molecule has 5 N–H and O–H groups in total. The molecule has 0 saturated heterocycles. The van der Waals surface area contributed by atoms with Crippen molar-refractivity contribution in [2.75, 3.05) is 0 Å². The molecule has 0 spiro atoms. The van der Waals surface area contributed by atoms with Gasteiger partial charge in [0.1, 0.15) is 0 Å². The lowest BCUT2D eigenvalue weighted by Gasteiger charge is -2.28. The van der Waals surface area contributed by atoms with Crippen LogP contribution in [0.5, 0.6) is 0 Å². The quantitative estimate of drug-likeness (QED) is 0.456. The fourth-order valence-electron chi connectivity index (χ4n) is 1.63. The predicted octanol–water partition coefficient (Wildman–Crippen LogP) is -0.727. The Kier molecular flexibility index (Phi) is 3.60. The third-order valence-electron chi connectivity index (χ3n) is 2.72. The largest absolute Gasteiger partial charge is 0.369 e. The van der Waals surface area contributed by atoms with E-state index in [0.717, 1.165) is 6.20 Å². The summed E-state index contributed by atoms with van der Waals surface area (Å²) < 4.78 is 23.8. The first-order valence-corrected chi connectivity index (χ1v) is 8.39. The van der Waals surface area contributed by atoms with Gasteiger partial charge < -0.3 is 24.7 Å². The minimum absolute atomic E-state index is 0.00208. The highest BCUT2D eigenvalue weighted by Crippen LogP contribution is 2.68. The average molecular weight is 323 g/mol. The van der Waals surface area contributed by atoms with Crippen molar-refractivity contribution in [3.63, 3.8) is 0 Å². The first kappa shape index (κ1) is 15.3. The van der Waals surface area contributed by atoms with E-state index in [2.05, 4.69) is 9.97 Å². The van der Waals surface area contributed by atoms with Crippen LogP contribution in [0.2, 0.25) is 0 Å². The molecule has 12 heteroatoms. The fraction of sp³-hybridized carbons (Fsp3) is 0.250. The van der Waals surface area contributed by atoms with Crippen LogP contribution in [-0.4, -0.2) is 44.1 Å². The van der Waals surface area contributed by atoms with E-state index in [1.807, 2.05) is 0 Å². The maximum Gasteiger partial charge on any atom is 0.369 e. The normalized spacial score (nSPS) is 13.8. The van der Waals surface area contributed by atoms with Crippen LogP contribution in [0.1, 0.15) is 5.69 Å². The van der Waals surface area contributed by atoms with Gasteiger partial charge >= 0.3 is 15.2 Å². The van der Waals surface area contributed by atoms with Gasteiger partial charge in [-0.05, 0) is 6.07 Å². The summed E-state index contributed by atoms with van der Waals surface area (Å²) in [7, 11) is -11.0. The van der Waals surface area contributed by atoms with Crippen molar-refractivity contribution in [1.29, 1.82) is 0 Å². The van der Waals surface area contributed by atoms with Gasteiger partial charge in [-0.2, -0.15) is 0 Å². The first-order chi connectivity index (χ1) is 9.06. The Hall–Kier alpha value is -1.12. The molecule has 0 aliphatic carbocycles. The smallest absolute Gasteiger partial charge is 0.367 e. The monoisotopic (exact) mass is 323 g/mol. The van der Waals surface area contributed by atoms with Crippen LogP contribution >= 0.6 is 15.2 Å². The summed E-state index contributed by atoms with van der Waals surface area (Å²) in [5.41, 5.74) is 0.00208. The maximum atomic E-state index is 11.3. The van der Waals surface area contributed by atoms with Crippen molar-refractivity contribution in [2.45, 2.75) is 11.5 Å². The second-order valence-electron chi connectivity index (χ2n) is 4.08. The minimum atomic E-state index is -5.50. The van der Waals surface area contributed by atoms with Gasteiger partial charge in [-0.1, -0.05) is 0 Å². The minimum Gasteiger partial charge on any atom is -0.367 e. The second-order valence-corrected chi connectivity index (χ2v) is 8.09. The highest BCUT2D eigenvalue weighted by molar-refractivity contribution is 7.72. The fourth-order valence-corrected chi connectivity index (χ4v) is 3.72. The number of aromatic nitrogens is 3. The Bertz CT molecular complexity index is 711.